The highest BCUT2D eigenvalue weighted by atomic mass is 16.6. The molecule has 13 heavy (non-hydrogen) atoms. The zero-order valence-electron chi connectivity index (χ0n) is 8.66. The van der Waals surface area contributed by atoms with E-state index in [-0.39, 0.29) is 11.8 Å². The molecule has 0 spiro atoms. The lowest BCUT2D eigenvalue weighted by Crippen LogP contribution is -2.72. The molecule has 2 N–H and O–H groups in total. The average Bonchev–Trinajstić information content (AvgIpc) is 2.13. The summed E-state index contributed by atoms with van der Waals surface area (Å²) in [5, 5.41) is 20.6. The second-order valence-corrected chi connectivity index (χ2v) is 4.97. The van der Waals surface area contributed by atoms with Gasteiger partial charge in [-0.05, 0) is 25.7 Å². The summed E-state index contributed by atoms with van der Waals surface area (Å²) in [7, 11) is 0. The fourth-order valence-electron chi connectivity index (χ4n) is 2.92. The van der Waals surface area contributed by atoms with Gasteiger partial charge >= 0.3 is 0 Å². The lowest BCUT2D eigenvalue weighted by molar-refractivity contribution is -0.330. The van der Waals surface area contributed by atoms with Crippen molar-refractivity contribution in [3.63, 3.8) is 0 Å². The summed E-state index contributed by atoms with van der Waals surface area (Å²) in [4.78, 5) is 0. The van der Waals surface area contributed by atoms with E-state index >= 15 is 0 Å². The number of hydrogen-bond acceptors (Lipinski definition) is 3. The van der Waals surface area contributed by atoms with Crippen LogP contribution >= 0.6 is 0 Å². The van der Waals surface area contributed by atoms with Crippen molar-refractivity contribution in [2.24, 2.45) is 11.8 Å². The number of aliphatic hydroxyl groups is 2. The molecular weight excluding hydrogens is 168 g/mol. The van der Waals surface area contributed by atoms with Gasteiger partial charge in [-0.15, -0.1) is 0 Å². The van der Waals surface area contributed by atoms with Gasteiger partial charge < -0.3 is 14.9 Å². The molecule has 1 aliphatic heterocycles. The van der Waals surface area contributed by atoms with E-state index in [0.29, 0.717) is 6.61 Å². The Hall–Kier alpha value is -0.120. The van der Waals surface area contributed by atoms with Gasteiger partial charge in [0.1, 0.15) is 11.2 Å². The van der Waals surface area contributed by atoms with Crippen LogP contribution in [-0.4, -0.2) is 33.6 Å². The lowest BCUT2D eigenvalue weighted by Gasteiger charge is -2.55. The van der Waals surface area contributed by atoms with Crippen LogP contribution < -0.4 is 0 Å². The molecule has 2 fully saturated rings. The summed E-state index contributed by atoms with van der Waals surface area (Å²) < 4.78 is 5.40. The first kappa shape index (κ1) is 9.44. The van der Waals surface area contributed by atoms with Crippen LogP contribution in [0.2, 0.25) is 0 Å². The summed E-state index contributed by atoms with van der Waals surface area (Å²) in [5.41, 5.74) is -2.55. The zero-order chi connectivity index (χ0) is 10.1. The van der Waals surface area contributed by atoms with Crippen molar-refractivity contribution >= 4 is 0 Å². The van der Waals surface area contributed by atoms with Crippen LogP contribution in [0.15, 0.2) is 0 Å². The Bertz CT molecular complexity index is 233. The minimum Gasteiger partial charge on any atom is -0.387 e. The summed E-state index contributed by atoms with van der Waals surface area (Å²) in [5.74, 6) is 0.145. The molecule has 0 bridgehead atoms. The highest BCUT2D eigenvalue weighted by Crippen LogP contribution is 2.60. The molecule has 0 radical (unpaired) electrons. The van der Waals surface area contributed by atoms with Gasteiger partial charge in [0.2, 0.25) is 0 Å². The molecule has 2 aliphatic rings. The molecule has 0 aromatic heterocycles. The van der Waals surface area contributed by atoms with Crippen LogP contribution in [0.25, 0.3) is 0 Å². The van der Waals surface area contributed by atoms with Crippen LogP contribution in [0.4, 0.5) is 0 Å². The largest absolute Gasteiger partial charge is 0.387 e. The van der Waals surface area contributed by atoms with Gasteiger partial charge in [-0.25, -0.2) is 0 Å². The van der Waals surface area contributed by atoms with Crippen molar-refractivity contribution in [1.82, 2.24) is 0 Å². The van der Waals surface area contributed by atoms with E-state index in [1.807, 2.05) is 13.8 Å². The van der Waals surface area contributed by atoms with Gasteiger partial charge in [-0.2, -0.15) is 0 Å². The average molecular weight is 186 g/mol. The molecule has 0 aromatic carbocycles. The predicted octanol–water partition coefficient (Wildman–Crippen LogP) is 0.543. The van der Waals surface area contributed by atoms with Crippen LogP contribution in [-0.2, 0) is 4.74 Å². The first-order chi connectivity index (χ1) is 5.77. The molecule has 2 rings (SSSR count). The third-order valence-corrected chi connectivity index (χ3v) is 4.76. The Balaban J connectivity index is 2.47. The third kappa shape index (κ3) is 0.694. The second kappa shape index (κ2) is 2.10. The minimum atomic E-state index is -0.931. The van der Waals surface area contributed by atoms with Crippen molar-refractivity contribution in [2.75, 3.05) is 6.61 Å². The Morgan fingerprint density at radius 2 is 1.69 bits per heavy atom. The Morgan fingerprint density at radius 1 is 1.15 bits per heavy atom. The van der Waals surface area contributed by atoms with Crippen molar-refractivity contribution in [3.8, 4) is 0 Å². The van der Waals surface area contributed by atoms with E-state index in [1.165, 1.54) is 0 Å². The first-order valence-corrected chi connectivity index (χ1v) is 4.86. The van der Waals surface area contributed by atoms with E-state index < -0.39 is 16.8 Å². The summed E-state index contributed by atoms with van der Waals surface area (Å²) >= 11 is 0. The third-order valence-electron chi connectivity index (χ3n) is 4.76. The maximum Gasteiger partial charge on any atom is 0.125 e. The van der Waals surface area contributed by atoms with Crippen LogP contribution in [0.5, 0.6) is 0 Å². The van der Waals surface area contributed by atoms with E-state index in [1.54, 1.807) is 13.8 Å². The standard InChI is InChI=1S/C10H18O3/c1-6-7(2)10(12)5-13-9(10,4)8(6,3)11/h6-7,11-12H,5H2,1-4H3/t6?,7?,8-,9+,10+/m0/s1. The fourth-order valence-corrected chi connectivity index (χ4v) is 2.92. The SMILES string of the molecule is CC1C(C)[C@]2(O)CO[C@]2(C)[C@@]1(C)O. The van der Waals surface area contributed by atoms with Crippen LogP contribution in [0.3, 0.4) is 0 Å². The van der Waals surface area contributed by atoms with Crippen LogP contribution in [0, 0.1) is 11.8 Å². The van der Waals surface area contributed by atoms with Crippen molar-refractivity contribution in [1.29, 1.82) is 0 Å². The molecule has 1 heterocycles. The highest BCUT2D eigenvalue weighted by Gasteiger charge is 2.76. The maximum absolute atomic E-state index is 10.3. The van der Waals surface area contributed by atoms with Gasteiger partial charge in [0.25, 0.3) is 0 Å². The van der Waals surface area contributed by atoms with E-state index in [0.717, 1.165) is 0 Å². The van der Waals surface area contributed by atoms with E-state index in [9.17, 15) is 10.2 Å². The summed E-state index contributed by atoms with van der Waals surface area (Å²) in [6.45, 7) is 7.86. The number of hydrogen-bond donors (Lipinski definition) is 2. The topological polar surface area (TPSA) is 49.7 Å². The number of fused-ring (bicyclic) bond motifs is 1. The smallest absolute Gasteiger partial charge is 0.125 e. The Labute approximate surface area is 78.7 Å². The molecule has 3 nitrogen and oxygen atoms in total. The predicted molar refractivity (Wildman–Crippen MR) is 48.3 cm³/mol. The minimum absolute atomic E-state index is 0.0602. The number of ether oxygens (including phenoxy) is 1. The van der Waals surface area contributed by atoms with Gasteiger partial charge in [0.15, 0.2) is 0 Å². The molecule has 1 saturated heterocycles. The molecular formula is C10H18O3. The fraction of sp³-hybridized carbons (Fsp3) is 1.00. The molecule has 1 aliphatic carbocycles. The first-order valence-electron chi connectivity index (χ1n) is 4.86. The van der Waals surface area contributed by atoms with Crippen molar-refractivity contribution in [2.45, 2.75) is 44.5 Å². The molecule has 76 valence electrons. The van der Waals surface area contributed by atoms with Crippen LogP contribution in [0.1, 0.15) is 27.7 Å². The van der Waals surface area contributed by atoms with Gasteiger partial charge in [-0.1, -0.05) is 13.8 Å². The van der Waals surface area contributed by atoms with Crippen molar-refractivity contribution in [3.05, 3.63) is 0 Å². The second-order valence-electron chi connectivity index (χ2n) is 4.97. The molecule has 0 amide bonds. The quantitative estimate of drug-likeness (QED) is 0.580. The zero-order valence-corrected chi connectivity index (χ0v) is 8.66. The molecule has 1 saturated carbocycles. The van der Waals surface area contributed by atoms with Crippen molar-refractivity contribution < 1.29 is 14.9 Å². The normalized spacial score (nSPS) is 66.0. The maximum atomic E-state index is 10.3. The molecule has 2 unspecified atom stereocenters. The van der Waals surface area contributed by atoms with Gasteiger partial charge in [-0.3, -0.25) is 0 Å². The van der Waals surface area contributed by atoms with E-state index in [4.69, 9.17) is 4.74 Å². The monoisotopic (exact) mass is 186 g/mol. The lowest BCUT2D eigenvalue weighted by atomic mass is 9.74. The molecule has 3 heteroatoms. The summed E-state index contributed by atoms with van der Waals surface area (Å²) in [6, 6.07) is 0. The van der Waals surface area contributed by atoms with E-state index in [2.05, 4.69) is 0 Å². The summed E-state index contributed by atoms with van der Waals surface area (Å²) in [6.07, 6.45) is 0. The Kier molecular flexibility index (Phi) is 1.52. The Morgan fingerprint density at radius 3 is 1.85 bits per heavy atom. The molecule has 5 atom stereocenters. The molecule has 0 aromatic rings. The van der Waals surface area contributed by atoms with Gasteiger partial charge in [0.05, 0.1) is 12.2 Å². The highest BCUT2D eigenvalue weighted by molar-refractivity contribution is 5.25. The number of rotatable bonds is 0. The van der Waals surface area contributed by atoms with Gasteiger partial charge in [0, 0.05) is 0 Å².